The molecule has 0 aliphatic heterocycles. The molecule has 0 atom stereocenters. The number of carbonyl (C=O) groups is 1. The SMILES string of the molecule is CC.CC.CCC.Cc1ccc([N+](=O)[O-])c(C=O)c1. The fraction of sp³-hybridized carbons (Fsp3) is 0.533. The number of carbonyl (C=O) groups excluding carboxylic acids is 1. The van der Waals surface area contributed by atoms with Crippen molar-refractivity contribution in [1.82, 2.24) is 0 Å². The Bertz CT molecular complexity index is 349. The molecule has 0 amide bonds. The molecule has 0 aliphatic rings. The van der Waals surface area contributed by atoms with Crippen molar-refractivity contribution in [3.8, 4) is 0 Å². The molecular formula is C15H27NO3. The molecule has 0 saturated carbocycles. The first kappa shape index (κ1) is 22.5. The molecule has 1 aromatic carbocycles. The maximum atomic E-state index is 10.4. The molecule has 19 heavy (non-hydrogen) atoms. The molecule has 0 bridgehead atoms. The lowest BCUT2D eigenvalue weighted by Crippen LogP contribution is -1.94. The molecule has 0 aliphatic carbocycles. The van der Waals surface area contributed by atoms with E-state index in [1.54, 1.807) is 13.0 Å². The van der Waals surface area contributed by atoms with Gasteiger partial charge in [0.25, 0.3) is 5.69 Å². The standard InChI is InChI=1S/C8H7NO3.C3H8.2C2H6/c1-6-2-3-8(9(11)12)7(4-6)5-10;1-3-2;2*1-2/h2-5H,1H3;3H2,1-2H3;2*1-2H3. The molecule has 110 valence electrons. The molecule has 0 heterocycles. The van der Waals surface area contributed by atoms with Crippen molar-refractivity contribution in [2.24, 2.45) is 0 Å². The van der Waals surface area contributed by atoms with Crippen molar-refractivity contribution < 1.29 is 9.72 Å². The topological polar surface area (TPSA) is 60.2 Å². The Labute approximate surface area is 117 Å². The third-order valence-corrected chi connectivity index (χ3v) is 1.51. The molecule has 0 aromatic heterocycles. The molecule has 0 spiro atoms. The fourth-order valence-corrected chi connectivity index (χ4v) is 0.935. The summed E-state index contributed by atoms with van der Waals surface area (Å²) in [6.45, 7) is 14.0. The summed E-state index contributed by atoms with van der Waals surface area (Å²) in [6.07, 6.45) is 1.74. The molecular weight excluding hydrogens is 242 g/mol. The molecule has 1 aromatic rings. The largest absolute Gasteiger partial charge is 0.298 e. The van der Waals surface area contributed by atoms with Gasteiger partial charge in [-0.05, 0) is 18.6 Å². The number of benzene rings is 1. The molecule has 4 nitrogen and oxygen atoms in total. The first-order valence-corrected chi connectivity index (χ1v) is 6.77. The predicted molar refractivity (Wildman–Crippen MR) is 81.9 cm³/mol. The average Bonchev–Trinajstić information content (AvgIpc) is 2.43. The van der Waals surface area contributed by atoms with Gasteiger partial charge in [-0.25, -0.2) is 0 Å². The van der Waals surface area contributed by atoms with Gasteiger partial charge < -0.3 is 0 Å². The van der Waals surface area contributed by atoms with Crippen molar-refractivity contribution in [3.05, 3.63) is 39.4 Å². The van der Waals surface area contributed by atoms with E-state index >= 15 is 0 Å². The van der Waals surface area contributed by atoms with Crippen LogP contribution in [0, 0.1) is 17.0 Å². The number of aryl methyl sites for hydroxylation is 1. The van der Waals surface area contributed by atoms with Gasteiger partial charge >= 0.3 is 0 Å². The van der Waals surface area contributed by atoms with Gasteiger partial charge in [0.2, 0.25) is 0 Å². The highest BCUT2D eigenvalue weighted by Gasteiger charge is 2.11. The number of aldehydes is 1. The molecule has 0 N–H and O–H groups in total. The highest BCUT2D eigenvalue weighted by Crippen LogP contribution is 2.17. The van der Waals surface area contributed by atoms with Crippen LogP contribution in [0.5, 0.6) is 0 Å². The van der Waals surface area contributed by atoms with Crippen LogP contribution in [-0.2, 0) is 0 Å². The van der Waals surface area contributed by atoms with E-state index in [4.69, 9.17) is 0 Å². The van der Waals surface area contributed by atoms with E-state index in [-0.39, 0.29) is 11.3 Å². The van der Waals surface area contributed by atoms with Crippen LogP contribution < -0.4 is 0 Å². The maximum absolute atomic E-state index is 10.4. The van der Waals surface area contributed by atoms with Crippen molar-refractivity contribution in [3.63, 3.8) is 0 Å². The van der Waals surface area contributed by atoms with Crippen LogP contribution in [0.15, 0.2) is 18.2 Å². The predicted octanol–water partition coefficient (Wildman–Crippen LogP) is 5.18. The zero-order chi connectivity index (χ0) is 15.8. The molecule has 1 rings (SSSR count). The van der Waals surface area contributed by atoms with Gasteiger partial charge in [0.1, 0.15) is 0 Å². The first-order valence-electron chi connectivity index (χ1n) is 6.77. The Kier molecular flexibility index (Phi) is 19.3. The summed E-state index contributed by atoms with van der Waals surface area (Å²) in [6, 6.07) is 4.43. The average molecular weight is 269 g/mol. The smallest absolute Gasteiger partial charge is 0.279 e. The van der Waals surface area contributed by atoms with Crippen molar-refractivity contribution in [2.45, 2.75) is 54.9 Å². The van der Waals surface area contributed by atoms with Gasteiger partial charge in [-0.15, -0.1) is 0 Å². The Hall–Kier alpha value is -1.71. The van der Waals surface area contributed by atoms with Gasteiger partial charge in [-0.3, -0.25) is 14.9 Å². The quantitative estimate of drug-likeness (QED) is 0.422. The lowest BCUT2D eigenvalue weighted by molar-refractivity contribution is -0.385. The third kappa shape index (κ3) is 11.1. The maximum Gasteiger partial charge on any atom is 0.279 e. The van der Waals surface area contributed by atoms with Crippen LogP contribution in [-0.4, -0.2) is 11.2 Å². The lowest BCUT2D eigenvalue weighted by Gasteiger charge is -1.95. The summed E-state index contributed by atoms with van der Waals surface area (Å²) in [5.41, 5.74) is 0.818. The monoisotopic (exact) mass is 269 g/mol. The zero-order valence-corrected chi connectivity index (χ0v) is 13.2. The van der Waals surface area contributed by atoms with E-state index in [9.17, 15) is 14.9 Å². The van der Waals surface area contributed by atoms with E-state index < -0.39 is 4.92 Å². The number of nitro groups is 1. The Morgan fingerprint density at radius 3 is 1.89 bits per heavy atom. The second-order valence-electron chi connectivity index (χ2n) is 3.14. The van der Waals surface area contributed by atoms with Gasteiger partial charge in [0.05, 0.1) is 10.5 Å². The first-order chi connectivity index (χ1) is 9.06. The number of nitro benzene ring substituents is 1. The number of hydrogen-bond acceptors (Lipinski definition) is 3. The van der Waals surface area contributed by atoms with Crippen molar-refractivity contribution >= 4 is 12.0 Å². The van der Waals surface area contributed by atoms with Crippen LogP contribution in [0.2, 0.25) is 0 Å². The third-order valence-electron chi connectivity index (χ3n) is 1.51. The van der Waals surface area contributed by atoms with E-state index in [2.05, 4.69) is 13.8 Å². The molecule has 0 unspecified atom stereocenters. The second kappa shape index (κ2) is 16.3. The highest BCUT2D eigenvalue weighted by molar-refractivity contribution is 5.81. The Morgan fingerprint density at radius 1 is 1.16 bits per heavy atom. The molecule has 0 radical (unpaired) electrons. The van der Waals surface area contributed by atoms with Crippen LogP contribution in [0.25, 0.3) is 0 Å². The van der Waals surface area contributed by atoms with Gasteiger partial charge in [0.15, 0.2) is 6.29 Å². The minimum atomic E-state index is -0.566. The fourth-order valence-electron chi connectivity index (χ4n) is 0.935. The van der Waals surface area contributed by atoms with Crippen LogP contribution in [0.3, 0.4) is 0 Å². The normalized spacial score (nSPS) is 7.53. The second-order valence-corrected chi connectivity index (χ2v) is 3.14. The molecule has 4 heteroatoms. The van der Waals surface area contributed by atoms with E-state index in [0.29, 0.717) is 6.29 Å². The minimum absolute atomic E-state index is 0.125. The summed E-state index contributed by atoms with van der Waals surface area (Å²) in [4.78, 5) is 20.2. The number of nitrogens with zero attached hydrogens (tertiary/aromatic N) is 1. The van der Waals surface area contributed by atoms with Gasteiger partial charge in [-0.2, -0.15) is 0 Å². The number of rotatable bonds is 2. The van der Waals surface area contributed by atoms with Crippen molar-refractivity contribution in [1.29, 1.82) is 0 Å². The van der Waals surface area contributed by atoms with Crippen LogP contribution in [0.4, 0.5) is 5.69 Å². The lowest BCUT2D eigenvalue weighted by atomic mass is 10.1. The van der Waals surface area contributed by atoms with E-state index in [1.165, 1.54) is 18.6 Å². The molecule has 0 fully saturated rings. The van der Waals surface area contributed by atoms with Gasteiger partial charge in [-0.1, -0.05) is 54.0 Å². The minimum Gasteiger partial charge on any atom is -0.298 e. The van der Waals surface area contributed by atoms with Crippen molar-refractivity contribution in [2.75, 3.05) is 0 Å². The Morgan fingerprint density at radius 2 is 1.58 bits per heavy atom. The van der Waals surface area contributed by atoms with Gasteiger partial charge in [0, 0.05) is 6.07 Å². The summed E-state index contributed by atoms with van der Waals surface area (Å²) in [7, 11) is 0. The zero-order valence-electron chi connectivity index (χ0n) is 13.2. The summed E-state index contributed by atoms with van der Waals surface area (Å²) < 4.78 is 0. The molecule has 0 saturated heterocycles. The summed E-state index contributed by atoms with van der Waals surface area (Å²) in [5, 5.41) is 10.3. The highest BCUT2D eigenvalue weighted by atomic mass is 16.6. The Balaban J connectivity index is -0.000000313. The summed E-state index contributed by atoms with van der Waals surface area (Å²) in [5.74, 6) is 0. The van der Waals surface area contributed by atoms with E-state index in [1.807, 2.05) is 27.7 Å². The number of hydrogen-bond donors (Lipinski definition) is 0. The summed E-state index contributed by atoms with van der Waals surface area (Å²) >= 11 is 0. The van der Waals surface area contributed by atoms with E-state index in [0.717, 1.165) is 5.56 Å². The van der Waals surface area contributed by atoms with Crippen LogP contribution >= 0.6 is 0 Å². The van der Waals surface area contributed by atoms with Crippen LogP contribution in [0.1, 0.15) is 63.9 Å².